The van der Waals surface area contributed by atoms with Crippen LogP contribution in [-0.2, 0) is 4.74 Å². The quantitative estimate of drug-likeness (QED) is 0.816. The molecule has 21 heavy (non-hydrogen) atoms. The van der Waals surface area contributed by atoms with Gasteiger partial charge >= 0.3 is 0 Å². The minimum atomic E-state index is -0.266. The third kappa shape index (κ3) is 2.54. The number of nitrogen functional groups attached to an aromatic ring is 1. The van der Waals surface area contributed by atoms with Gasteiger partial charge in [0.05, 0.1) is 13.2 Å². The standard InChI is InChI=1S/C13H18N6O2/c1-7(2)10-16-9(14)8-11(17-10)18-13(20)12(15-8)19-3-5-21-6-4-19/h7H,3-6H2,1-2H3,(H3,14,16,17,18,20). The molecule has 8 nitrogen and oxygen atoms in total. The van der Waals surface area contributed by atoms with Gasteiger partial charge in [0.1, 0.15) is 5.82 Å². The zero-order chi connectivity index (χ0) is 15.0. The van der Waals surface area contributed by atoms with Gasteiger partial charge in [-0.25, -0.2) is 15.0 Å². The van der Waals surface area contributed by atoms with Crippen molar-refractivity contribution in [2.75, 3.05) is 36.9 Å². The molecule has 112 valence electrons. The van der Waals surface area contributed by atoms with Crippen molar-refractivity contribution in [1.82, 2.24) is 19.9 Å². The van der Waals surface area contributed by atoms with E-state index in [1.54, 1.807) is 0 Å². The first kappa shape index (κ1) is 13.7. The molecule has 0 spiro atoms. The van der Waals surface area contributed by atoms with Crippen LogP contribution in [0.3, 0.4) is 0 Å². The van der Waals surface area contributed by atoms with E-state index in [4.69, 9.17) is 10.5 Å². The van der Waals surface area contributed by atoms with Crippen molar-refractivity contribution in [2.45, 2.75) is 19.8 Å². The molecule has 0 saturated carbocycles. The van der Waals surface area contributed by atoms with Crippen LogP contribution in [0.5, 0.6) is 0 Å². The Kier molecular flexibility index (Phi) is 3.46. The zero-order valence-corrected chi connectivity index (χ0v) is 12.1. The summed E-state index contributed by atoms with van der Waals surface area (Å²) in [5, 5.41) is 0. The van der Waals surface area contributed by atoms with Crippen LogP contribution in [0, 0.1) is 0 Å². The summed E-state index contributed by atoms with van der Waals surface area (Å²) in [4.78, 5) is 29.8. The van der Waals surface area contributed by atoms with Crippen molar-refractivity contribution in [3.05, 3.63) is 16.2 Å². The summed E-state index contributed by atoms with van der Waals surface area (Å²) in [5.74, 6) is 1.35. The fourth-order valence-corrected chi connectivity index (χ4v) is 2.26. The average Bonchev–Trinajstić information content (AvgIpc) is 2.47. The Morgan fingerprint density at radius 3 is 2.62 bits per heavy atom. The maximum Gasteiger partial charge on any atom is 0.292 e. The minimum Gasteiger partial charge on any atom is -0.382 e. The van der Waals surface area contributed by atoms with E-state index >= 15 is 0 Å². The van der Waals surface area contributed by atoms with Crippen molar-refractivity contribution < 1.29 is 4.74 Å². The number of ether oxygens (including phenoxy) is 1. The molecule has 0 unspecified atom stereocenters. The van der Waals surface area contributed by atoms with E-state index in [9.17, 15) is 4.79 Å². The molecule has 0 bridgehead atoms. The van der Waals surface area contributed by atoms with Gasteiger partial charge < -0.3 is 20.4 Å². The lowest BCUT2D eigenvalue weighted by atomic mass is 10.2. The highest BCUT2D eigenvalue weighted by Gasteiger charge is 2.19. The highest BCUT2D eigenvalue weighted by atomic mass is 16.5. The fourth-order valence-electron chi connectivity index (χ4n) is 2.26. The van der Waals surface area contributed by atoms with E-state index in [1.807, 2.05) is 18.7 Å². The lowest BCUT2D eigenvalue weighted by Crippen LogP contribution is -2.40. The van der Waals surface area contributed by atoms with Gasteiger partial charge in [0.25, 0.3) is 5.56 Å². The predicted molar refractivity (Wildman–Crippen MR) is 79.5 cm³/mol. The summed E-state index contributed by atoms with van der Waals surface area (Å²) in [7, 11) is 0. The molecule has 1 aliphatic heterocycles. The summed E-state index contributed by atoms with van der Waals surface area (Å²) in [6, 6.07) is 0. The Hall–Kier alpha value is -2.22. The Bertz CT molecular complexity index is 720. The molecule has 0 aliphatic carbocycles. The molecule has 0 radical (unpaired) electrons. The van der Waals surface area contributed by atoms with E-state index in [1.165, 1.54) is 0 Å². The molecule has 1 aliphatic rings. The third-order valence-corrected chi connectivity index (χ3v) is 3.41. The molecule has 3 N–H and O–H groups in total. The first-order valence-corrected chi connectivity index (χ1v) is 6.96. The molecule has 8 heteroatoms. The lowest BCUT2D eigenvalue weighted by Gasteiger charge is -2.27. The summed E-state index contributed by atoms with van der Waals surface area (Å²) in [5.41, 5.74) is 6.51. The van der Waals surface area contributed by atoms with Gasteiger partial charge in [0, 0.05) is 19.0 Å². The summed E-state index contributed by atoms with van der Waals surface area (Å²) in [6.45, 7) is 6.36. The van der Waals surface area contributed by atoms with Gasteiger partial charge in [-0.3, -0.25) is 4.79 Å². The number of anilines is 2. The van der Waals surface area contributed by atoms with Gasteiger partial charge in [0.2, 0.25) is 0 Å². The number of aromatic nitrogens is 4. The molecule has 2 aromatic rings. The number of aromatic amines is 1. The Morgan fingerprint density at radius 2 is 1.95 bits per heavy atom. The second-order valence-electron chi connectivity index (χ2n) is 5.31. The van der Waals surface area contributed by atoms with Gasteiger partial charge in [-0.1, -0.05) is 13.8 Å². The van der Waals surface area contributed by atoms with E-state index < -0.39 is 0 Å². The number of H-pyrrole nitrogens is 1. The van der Waals surface area contributed by atoms with E-state index in [-0.39, 0.29) is 17.3 Å². The number of rotatable bonds is 2. The minimum absolute atomic E-state index is 0.124. The van der Waals surface area contributed by atoms with Crippen LogP contribution in [0.4, 0.5) is 11.6 Å². The number of nitrogens with zero attached hydrogens (tertiary/aromatic N) is 4. The summed E-state index contributed by atoms with van der Waals surface area (Å²) < 4.78 is 5.28. The molecule has 0 atom stereocenters. The molecule has 3 rings (SSSR count). The molecule has 1 fully saturated rings. The Labute approximate surface area is 121 Å². The second kappa shape index (κ2) is 5.28. The number of morpholine rings is 1. The molecule has 3 heterocycles. The molecule has 2 aromatic heterocycles. The van der Waals surface area contributed by atoms with Crippen molar-refractivity contribution in [2.24, 2.45) is 0 Å². The van der Waals surface area contributed by atoms with Crippen molar-refractivity contribution in [1.29, 1.82) is 0 Å². The molecule has 0 amide bonds. The maximum absolute atomic E-state index is 12.2. The first-order valence-electron chi connectivity index (χ1n) is 6.96. The first-order chi connectivity index (χ1) is 10.1. The largest absolute Gasteiger partial charge is 0.382 e. The number of fused-ring (bicyclic) bond motifs is 1. The number of hydrogen-bond donors (Lipinski definition) is 2. The monoisotopic (exact) mass is 290 g/mol. The summed E-state index contributed by atoms with van der Waals surface area (Å²) in [6.07, 6.45) is 0. The number of nitrogens with one attached hydrogen (secondary N) is 1. The SMILES string of the molecule is CC(C)c1nc(N)c2nc(N3CCOCC3)c(=O)[nH]c2n1. The molecule has 1 saturated heterocycles. The van der Waals surface area contributed by atoms with E-state index in [2.05, 4.69) is 19.9 Å². The van der Waals surface area contributed by atoms with Crippen LogP contribution < -0.4 is 16.2 Å². The topological polar surface area (TPSA) is 110 Å². The smallest absolute Gasteiger partial charge is 0.292 e. The van der Waals surface area contributed by atoms with Crippen LogP contribution in [0.2, 0.25) is 0 Å². The van der Waals surface area contributed by atoms with Gasteiger partial charge in [-0.15, -0.1) is 0 Å². The van der Waals surface area contributed by atoms with Crippen LogP contribution >= 0.6 is 0 Å². The van der Waals surface area contributed by atoms with E-state index in [0.29, 0.717) is 49.1 Å². The molecular formula is C13H18N6O2. The highest BCUT2D eigenvalue weighted by molar-refractivity contribution is 5.81. The van der Waals surface area contributed by atoms with Crippen molar-refractivity contribution in [3.8, 4) is 0 Å². The molecular weight excluding hydrogens is 272 g/mol. The van der Waals surface area contributed by atoms with Crippen molar-refractivity contribution in [3.63, 3.8) is 0 Å². The fraction of sp³-hybridized carbons (Fsp3) is 0.538. The molecule has 0 aromatic carbocycles. The van der Waals surface area contributed by atoms with Gasteiger partial charge in [-0.2, -0.15) is 0 Å². The van der Waals surface area contributed by atoms with Crippen LogP contribution in [0.25, 0.3) is 11.2 Å². The van der Waals surface area contributed by atoms with Crippen LogP contribution in [-0.4, -0.2) is 46.2 Å². The normalized spacial score (nSPS) is 15.9. The van der Waals surface area contributed by atoms with Crippen LogP contribution in [0.15, 0.2) is 4.79 Å². The van der Waals surface area contributed by atoms with Crippen LogP contribution in [0.1, 0.15) is 25.6 Å². The maximum atomic E-state index is 12.2. The third-order valence-electron chi connectivity index (χ3n) is 3.41. The lowest BCUT2D eigenvalue weighted by molar-refractivity contribution is 0.122. The highest BCUT2D eigenvalue weighted by Crippen LogP contribution is 2.19. The van der Waals surface area contributed by atoms with Crippen molar-refractivity contribution >= 4 is 22.8 Å². The Balaban J connectivity index is 2.13. The van der Waals surface area contributed by atoms with Gasteiger partial charge in [-0.05, 0) is 0 Å². The van der Waals surface area contributed by atoms with E-state index in [0.717, 1.165) is 0 Å². The summed E-state index contributed by atoms with van der Waals surface area (Å²) >= 11 is 0. The average molecular weight is 290 g/mol. The second-order valence-corrected chi connectivity index (χ2v) is 5.31. The zero-order valence-electron chi connectivity index (χ0n) is 12.1. The number of hydrogen-bond acceptors (Lipinski definition) is 7. The predicted octanol–water partition coefficient (Wildman–Crippen LogP) is 0.255. The Morgan fingerprint density at radius 1 is 1.24 bits per heavy atom. The number of nitrogens with two attached hydrogens (primary N) is 1. The van der Waals surface area contributed by atoms with Gasteiger partial charge in [0.15, 0.2) is 22.8 Å².